The Labute approximate surface area is 130 Å². The molecule has 2 nitrogen and oxygen atoms in total. The van der Waals surface area contributed by atoms with Crippen molar-refractivity contribution in [2.24, 2.45) is 5.92 Å². The number of nitrogens with one attached hydrogen (secondary N) is 1. The molecule has 21 heavy (non-hydrogen) atoms. The fourth-order valence-corrected chi connectivity index (χ4v) is 3.58. The minimum Gasteiger partial charge on any atom is -0.311 e. The standard InChI is InChI=1S/C19H32N2/c1-5-10-16(3)13-21-14-18(6-2)20-15-19(21,4)17-11-8-7-9-12-17/h7-9,11-12,16,18,20H,5-6,10,13-15H2,1-4H3. The molecule has 1 aromatic carbocycles. The van der Waals surface area contributed by atoms with Crippen LogP contribution in [0.2, 0.25) is 0 Å². The maximum atomic E-state index is 3.75. The maximum Gasteiger partial charge on any atom is 0.0558 e. The molecule has 0 amide bonds. The minimum atomic E-state index is 0.120. The molecule has 1 aromatic rings. The third-order valence-corrected chi connectivity index (χ3v) is 5.08. The second kappa shape index (κ2) is 7.42. The number of hydrogen-bond donors (Lipinski definition) is 1. The molecule has 118 valence electrons. The smallest absolute Gasteiger partial charge is 0.0558 e. The van der Waals surface area contributed by atoms with Crippen molar-refractivity contribution < 1.29 is 0 Å². The second-order valence-corrected chi connectivity index (χ2v) is 6.92. The van der Waals surface area contributed by atoms with Crippen molar-refractivity contribution >= 4 is 0 Å². The Morgan fingerprint density at radius 1 is 1.29 bits per heavy atom. The largest absolute Gasteiger partial charge is 0.311 e. The Bertz CT molecular complexity index is 417. The second-order valence-electron chi connectivity index (χ2n) is 6.92. The molecule has 1 N–H and O–H groups in total. The monoisotopic (exact) mass is 288 g/mol. The molecule has 0 bridgehead atoms. The first-order valence-electron chi connectivity index (χ1n) is 8.64. The minimum absolute atomic E-state index is 0.120. The summed E-state index contributed by atoms with van der Waals surface area (Å²) in [5, 5.41) is 3.75. The zero-order valence-corrected chi connectivity index (χ0v) is 14.2. The molecule has 0 spiro atoms. The van der Waals surface area contributed by atoms with Gasteiger partial charge in [-0.25, -0.2) is 0 Å². The lowest BCUT2D eigenvalue weighted by atomic mass is 9.85. The SMILES string of the molecule is CCCC(C)CN1CC(CC)NCC1(C)c1ccccc1. The summed E-state index contributed by atoms with van der Waals surface area (Å²) in [6.45, 7) is 12.8. The van der Waals surface area contributed by atoms with Gasteiger partial charge in [0.15, 0.2) is 0 Å². The highest BCUT2D eigenvalue weighted by Crippen LogP contribution is 2.32. The van der Waals surface area contributed by atoms with Gasteiger partial charge in [-0.15, -0.1) is 0 Å². The van der Waals surface area contributed by atoms with Gasteiger partial charge in [0.05, 0.1) is 5.54 Å². The van der Waals surface area contributed by atoms with Crippen molar-refractivity contribution in [3.63, 3.8) is 0 Å². The van der Waals surface area contributed by atoms with E-state index in [4.69, 9.17) is 0 Å². The average molecular weight is 288 g/mol. The highest BCUT2D eigenvalue weighted by atomic mass is 15.3. The quantitative estimate of drug-likeness (QED) is 0.850. The van der Waals surface area contributed by atoms with Crippen LogP contribution in [0.15, 0.2) is 30.3 Å². The van der Waals surface area contributed by atoms with Crippen LogP contribution in [0.1, 0.15) is 52.5 Å². The van der Waals surface area contributed by atoms with Crippen LogP contribution in [0.25, 0.3) is 0 Å². The van der Waals surface area contributed by atoms with Crippen molar-refractivity contribution in [1.29, 1.82) is 0 Å². The van der Waals surface area contributed by atoms with Gasteiger partial charge >= 0.3 is 0 Å². The molecule has 3 atom stereocenters. The van der Waals surface area contributed by atoms with Gasteiger partial charge in [0.1, 0.15) is 0 Å². The van der Waals surface area contributed by atoms with Crippen molar-refractivity contribution in [3.05, 3.63) is 35.9 Å². The molecule has 2 heteroatoms. The summed E-state index contributed by atoms with van der Waals surface area (Å²) in [6.07, 6.45) is 3.82. The Hall–Kier alpha value is -0.860. The van der Waals surface area contributed by atoms with Gasteiger partial charge in [0.2, 0.25) is 0 Å². The predicted molar refractivity (Wildman–Crippen MR) is 91.5 cm³/mol. The number of piperazine rings is 1. The summed E-state index contributed by atoms with van der Waals surface area (Å²) in [4.78, 5) is 2.73. The van der Waals surface area contributed by atoms with Gasteiger partial charge in [-0.3, -0.25) is 4.90 Å². The molecule has 2 rings (SSSR count). The van der Waals surface area contributed by atoms with Crippen molar-refractivity contribution in [1.82, 2.24) is 10.2 Å². The van der Waals surface area contributed by atoms with E-state index in [0.717, 1.165) is 19.0 Å². The highest BCUT2D eigenvalue weighted by molar-refractivity contribution is 5.25. The van der Waals surface area contributed by atoms with Gasteiger partial charge in [-0.1, -0.05) is 57.5 Å². The average Bonchev–Trinajstić information content (AvgIpc) is 2.50. The summed E-state index contributed by atoms with van der Waals surface area (Å²) in [5.41, 5.74) is 1.56. The van der Waals surface area contributed by atoms with Gasteiger partial charge in [0.25, 0.3) is 0 Å². The van der Waals surface area contributed by atoms with E-state index in [0.29, 0.717) is 6.04 Å². The van der Waals surface area contributed by atoms with Crippen molar-refractivity contribution in [2.75, 3.05) is 19.6 Å². The van der Waals surface area contributed by atoms with Crippen molar-refractivity contribution in [3.8, 4) is 0 Å². The van der Waals surface area contributed by atoms with Crippen LogP contribution in [0.5, 0.6) is 0 Å². The van der Waals surface area contributed by atoms with Crippen LogP contribution in [0.4, 0.5) is 0 Å². The van der Waals surface area contributed by atoms with Crippen LogP contribution in [-0.4, -0.2) is 30.6 Å². The third kappa shape index (κ3) is 3.87. The molecule has 1 saturated heterocycles. The molecule has 0 saturated carbocycles. The topological polar surface area (TPSA) is 15.3 Å². The lowest BCUT2D eigenvalue weighted by Crippen LogP contribution is -2.62. The van der Waals surface area contributed by atoms with Gasteiger partial charge in [-0.05, 0) is 31.2 Å². The number of nitrogens with zero attached hydrogens (tertiary/aromatic N) is 1. The summed E-state index contributed by atoms with van der Waals surface area (Å²) in [6, 6.07) is 11.6. The van der Waals surface area contributed by atoms with E-state index in [9.17, 15) is 0 Å². The molecule has 1 aliphatic rings. The number of benzene rings is 1. The molecule has 1 aliphatic heterocycles. The fourth-order valence-electron chi connectivity index (χ4n) is 3.58. The van der Waals surface area contributed by atoms with E-state index in [2.05, 4.69) is 68.2 Å². The highest BCUT2D eigenvalue weighted by Gasteiger charge is 2.38. The third-order valence-electron chi connectivity index (χ3n) is 5.08. The number of rotatable bonds is 6. The first-order valence-corrected chi connectivity index (χ1v) is 8.64. The van der Waals surface area contributed by atoms with Crippen LogP contribution in [-0.2, 0) is 5.54 Å². The first kappa shape index (κ1) is 16.5. The molecule has 1 heterocycles. The van der Waals surface area contributed by atoms with E-state index in [1.807, 2.05) is 0 Å². The summed E-state index contributed by atoms with van der Waals surface area (Å²) >= 11 is 0. The Balaban J connectivity index is 2.20. The fraction of sp³-hybridized carbons (Fsp3) is 0.684. The summed E-state index contributed by atoms with van der Waals surface area (Å²) in [7, 11) is 0. The zero-order chi connectivity index (χ0) is 15.3. The number of hydrogen-bond acceptors (Lipinski definition) is 2. The van der Waals surface area contributed by atoms with E-state index in [-0.39, 0.29) is 5.54 Å². The summed E-state index contributed by atoms with van der Waals surface area (Å²) < 4.78 is 0. The molecule has 0 aromatic heterocycles. The van der Waals surface area contributed by atoms with Crippen LogP contribution >= 0.6 is 0 Å². The van der Waals surface area contributed by atoms with Crippen molar-refractivity contribution in [2.45, 2.75) is 58.5 Å². The zero-order valence-electron chi connectivity index (χ0n) is 14.2. The molecule has 1 fully saturated rings. The van der Waals surface area contributed by atoms with Crippen LogP contribution in [0.3, 0.4) is 0 Å². The van der Waals surface area contributed by atoms with E-state index in [1.165, 1.54) is 31.4 Å². The predicted octanol–water partition coefficient (Wildman–Crippen LogP) is 4.02. The Kier molecular flexibility index (Phi) is 5.83. The van der Waals surface area contributed by atoms with Crippen LogP contribution in [0, 0.1) is 5.92 Å². The van der Waals surface area contributed by atoms with Crippen LogP contribution < -0.4 is 5.32 Å². The van der Waals surface area contributed by atoms with Gasteiger partial charge < -0.3 is 5.32 Å². The molecular weight excluding hydrogens is 256 g/mol. The van der Waals surface area contributed by atoms with Gasteiger partial charge in [-0.2, -0.15) is 0 Å². The molecule has 3 unspecified atom stereocenters. The molecular formula is C19H32N2. The normalized spacial score (nSPS) is 28.5. The first-order chi connectivity index (χ1) is 10.1. The lowest BCUT2D eigenvalue weighted by molar-refractivity contribution is 0.0351. The maximum absolute atomic E-state index is 3.75. The van der Waals surface area contributed by atoms with E-state index in [1.54, 1.807) is 0 Å². The van der Waals surface area contributed by atoms with E-state index >= 15 is 0 Å². The van der Waals surface area contributed by atoms with E-state index < -0.39 is 0 Å². The van der Waals surface area contributed by atoms with Gasteiger partial charge in [0, 0.05) is 25.7 Å². The Morgan fingerprint density at radius 2 is 2.00 bits per heavy atom. The molecule has 0 aliphatic carbocycles. The molecule has 0 radical (unpaired) electrons. The Morgan fingerprint density at radius 3 is 2.62 bits per heavy atom. The summed E-state index contributed by atoms with van der Waals surface area (Å²) in [5.74, 6) is 0.772. The lowest BCUT2D eigenvalue weighted by Gasteiger charge is -2.49.